The number of hydrogen-bond acceptors (Lipinski definition) is 9. The molecule has 0 amide bonds. The highest BCUT2D eigenvalue weighted by molar-refractivity contribution is 4.95. The van der Waals surface area contributed by atoms with Crippen molar-refractivity contribution in [2.24, 2.45) is 5.41 Å². The monoisotopic (exact) mass is 443 g/mol. The summed E-state index contributed by atoms with van der Waals surface area (Å²) in [5.41, 5.74) is -0.578. The summed E-state index contributed by atoms with van der Waals surface area (Å²) < 4.78 is 23.0. The van der Waals surface area contributed by atoms with E-state index in [4.69, 9.17) is 34.7 Å². The maximum absolute atomic E-state index is 9.25. The molecule has 0 aromatic rings. The zero-order valence-electron chi connectivity index (χ0n) is 18.9. The molecule has 0 saturated heterocycles. The Bertz CT molecular complexity index is 678. The van der Waals surface area contributed by atoms with E-state index in [1.54, 1.807) is 7.11 Å². The molecule has 0 aliphatic rings. The molecule has 0 aliphatic heterocycles. The van der Waals surface area contributed by atoms with Crippen LogP contribution in [0.15, 0.2) is 0 Å². The third kappa shape index (κ3) is 12.9. The first-order valence-corrected chi connectivity index (χ1v) is 10.8. The quantitative estimate of drug-likeness (QED) is 0.257. The van der Waals surface area contributed by atoms with Crippen molar-refractivity contribution in [3.63, 3.8) is 0 Å². The average Bonchev–Trinajstić information content (AvgIpc) is 2.81. The predicted octanol–water partition coefficient (Wildman–Crippen LogP) is 3.54. The molecule has 9 heteroatoms. The highest BCUT2D eigenvalue weighted by atomic mass is 16.5. The highest BCUT2D eigenvalue weighted by Gasteiger charge is 2.41. The van der Waals surface area contributed by atoms with Gasteiger partial charge in [0.15, 0.2) is 0 Å². The van der Waals surface area contributed by atoms with Gasteiger partial charge in [-0.1, -0.05) is 0 Å². The normalized spacial score (nSPS) is 12.5. The number of unbranched alkanes of at least 4 members (excludes halogenated alkanes) is 1. The molecule has 0 aliphatic carbocycles. The van der Waals surface area contributed by atoms with Crippen LogP contribution in [0.5, 0.6) is 0 Å². The van der Waals surface area contributed by atoms with E-state index in [0.29, 0.717) is 38.7 Å². The lowest BCUT2D eigenvalue weighted by atomic mass is 9.70. The van der Waals surface area contributed by atoms with E-state index in [1.165, 1.54) is 0 Å². The maximum atomic E-state index is 9.25. The van der Waals surface area contributed by atoms with Crippen LogP contribution in [0.25, 0.3) is 0 Å². The molecule has 0 N–H and O–H groups in total. The molecule has 0 rings (SSSR count). The van der Waals surface area contributed by atoms with Crippen LogP contribution in [-0.4, -0.2) is 52.4 Å². The molecular formula is C23H33N5O4. The summed E-state index contributed by atoms with van der Waals surface area (Å²) >= 11 is 0. The first kappa shape index (κ1) is 29.3. The SMILES string of the molecule is COC(COCCCC#N)C(CCC#N)(CCC#N)CC(COCCC#N)OCCC#N. The number of hydrogen-bond donors (Lipinski definition) is 0. The molecule has 0 saturated carbocycles. The van der Waals surface area contributed by atoms with Crippen molar-refractivity contribution in [3.8, 4) is 30.3 Å². The Morgan fingerprint density at radius 1 is 0.688 bits per heavy atom. The molecule has 32 heavy (non-hydrogen) atoms. The van der Waals surface area contributed by atoms with Crippen molar-refractivity contribution < 1.29 is 18.9 Å². The molecule has 0 aromatic carbocycles. The van der Waals surface area contributed by atoms with Gasteiger partial charge in [-0.25, -0.2) is 0 Å². The van der Waals surface area contributed by atoms with Crippen LogP contribution < -0.4 is 0 Å². The van der Waals surface area contributed by atoms with Crippen LogP contribution in [-0.2, 0) is 18.9 Å². The van der Waals surface area contributed by atoms with Gasteiger partial charge in [-0.2, -0.15) is 26.3 Å². The molecule has 9 nitrogen and oxygen atoms in total. The lowest BCUT2D eigenvalue weighted by Crippen LogP contribution is -2.44. The van der Waals surface area contributed by atoms with Gasteiger partial charge in [0.05, 0.1) is 81.8 Å². The van der Waals surface area contributed by atoms with E-state index >= 15 is 0 Å². The second-order valence-electron chi connectivity index (χ2n) is 7.33. The van der Waals surface area contributed by atoms with Crippen LogP contribution in [0.2, 0.25) is 0 Å². The van der Waals surface area contributed by atoms with Crippen LogP contribution >= 0.6 is 0 Å². The van der Waals surface area contributed by atoms with Crippen molar-refractivity contribution in [2.45, 2.75) is 70.0 Å². The Balaban J connectivity index is 5.59. The summed E-state index contributed by atoms with van der Waals surface area (Å²) in [5.74, 6) is 0. The Kier molecular flexibility index (Phi) is 18.5. The summed E-state index contributed by atoms with van der Waals surface area (Å²) in [7, 11) is 1.58. The van der Waals surface area contributed by atoms with Gasteiger partial charge in [-0.05, 0) is 25.7 Å². The van der Waals surface area contributed by atoms with E-state index in [0.717, 1.165) is 0 Å². The maximum Gasteiger partial charge on any atom is 0.0862 e. The molecule has 2 unspecified atom stereocenters. The number of nitrogens with zero attached hydrogens (tertiary/aromatic N) is 5. The van der Waals surface area contributed by atoms with Crippen LogP contribution in [0.1, 0.15) is 57.8 Å². The lowest BCUT2D eigenvalue weighted by Gasteiger charge is -2.41. The molecule has 0 heterocycles. The summed E-state index contributed by atoms with van der Waals surface area (Å²) in [6, 6.07) is 10.5. The Hall–Kier alpha value is -2.71. The largest absolute Gasteiger partial charge is 0.379 e. The van der Waals surface area contributed by atoms with Crippen LogP contribution in [0.3, 0.4) is 0 Å². The van der Waals surface area contributed by atoms with Crippen molar-refractivity contribution in [2.75, 3.05) is 40.1 Å². The minimum absolute atomic E-state index is 0.230. The van der Waals surface area contributed by atoms with Gasteiger partial charge >= 0.3 is 0 Å². The molecular weight excluding hydrogens is 410 g/mol. The third-order valence-electron chi connectivity index (χ3n) is 5.15. The van der Waals surface area contributed by atoms with Crippen molar-refractivity contribution >= 4 is 0 Å². The lowest BCUT2D eigenvalue weighted by molar-refractivity contribution is -0.108. The first-order valence-electron chi connectivity index (χ1n) is 10.8. The Labute approximate surface area is 191 Å². The topological polar surface area (TPSA) is 156 Å². The van der Waals surface area contributed by atoms with E-state index in [-0.39, 0.29) is 52.1 Å². The van der Waals surface area contributed by atoms with E-state index in [9.17, 15) is 10.5 Å². The van der Waals surface area contributed by atoms with Gasteiger partial charge in [-0.3, -0.25) is 0 Å². The predicted molar refractivity (Wildman–Crippen MR) is 114 cm³/mol. The molecule has 0 bridgehead atoms. The van der Waals surface area contributed by atoms with Gasteiger partial charge in [0.25, 0.3) is 0 Å². The van der Waals surface area contributed by atoms with E-state index < -0.39 is 17.6 Å². The Morgan fingerprint density at radius 3 is 1.81 bits per heavy atom. The fraction of sp³-hybridized carbons (Fsp3) is 0.783. The van der Waals surface area contributed by atoms with Gasteiger partial charge in [0, 0.05) is 38.4 Å². The van der Waals surface area contributed by atoms with E-state index in [2.05, 4.69) is 18.2 Å². The zero-order chi connectivity index (χ0) is 23.9. The molecule has 0 aromatic heterocycles. The van der Waals surface area contributed by atoms with Crippen LogP contribution in [0.4, 0.5) is 0 Å². The minimum atomic E-state index is -0.578. The summed E-state index contributed by atoms with van der Waals surface area (Å²) in [5, 5.41) is 44.8. The smallest absolute Gasteiger partial charge is 0.0862 e. The third-order valence-corrected chi connectivity index (χ3v) is 5.15. The number of nitriles is 5. The van der Waals surface area contributed by atoms with Gasteiger partial charge in [-0.15, -0.1) is 0 Å². The number of rotatable bonds is 20. The van der Waals surface area contributed by atoms with Crippen LogP contribution in [0, 0.1) is 62.1 Å². The molecule has 0 radical (unpaired) electrons. The average molecular weight is 444 g/mol. The van der Waals surface area contributed by atoms with Gasteiger partial charge in [0.2, 0.25) is 0 Å². The Morgan fingerprint density at radius 2 is 1.25 bits per heavy atom. The molecule has 0 spiro atoms. The number of methoxy groups -OCH3 is 1. The first-order chi connectivity index (χ1) is 15.6. The molecule has 2 atom stereocenters. The number of ether oxygens (including phenoxy) is 4. The molecule has 174 valence electrons. The molecule has 0 fully saturated rings. The standard InChI is InChI=1S/C23H33N5O4/c1-29-22(20-31-15-3-2-10-24)23(8-4-11-25,9-5-12-26)18-21(32-17-7-14-28)19-30-16-6-13-27/h21-22H,2-9,15-20H2,1H3. The van der Waals surface area contributed by atoms with Gasteiger partial charge in [0.1, 0.15) is 0 Å². The summed E-state index contributed by atoms with van der Waals surface area (Å²) in [6.45, 7) is 1.41. The van der Waals surface area contributed by atoms with Crippen molar-refractivity contribution in [1.29, 1.82) is 26.3 Å². The van der Waals surface area contributed by atoms with E-state index in [1.807, 2.05) is 12.1 Å². The second kappa shape index (κ2) is 20.2. The van der Waals surface area contributed by atoms with Crippen molar-refractivity contribution in [1.82, 2.24) is 0 Å². The highest BCUT2D eigenvalue weighted by Crippen LogP contribution is 2.41. The summed E-state index contributed by atoms with van der Waals surface area (Å²) in [4.78, 5) is 0. The summed E-state index contributed by atoms with van der Waals surface area (Å²) in [6.07, 6.45) is 2.70. The van der Waals surface area contributed by atoms with Gasteiger partial charge < -0.3 is 18.9 Å². The second-order valence-corrected chi connectivity index (χ2v) is 7.33. The fourth-order valence-corrected chi connectivity index (χ4v) is 3.55. The fourth-order valence-electron chi connectivity index (χ4n) is 3.55. The van der Waals surface area contributed by atoms with Crippen molar-refractivity contribution in [3.05, 3.63) is 0 Å². The zero-order valence-corrected chi connectivity index (χ0v) is 18.9. The minimum Gasteiger partial charge on any atom is -0.379 e.